The van der Waals surface area contributed by atoms with Crippen LogP contribution in [-0.4, -0.2) is 42.0 Å². The molecule has 1 aromatic carbocycles. The van der Waals surface area contributed by atoms with Crippen LogP contribution in [-0.2, 0) is 9.53 Å². The maximum atomic E-state index is 12.3. The summed E-state index contributed by atoms with van der Waals surface area (Å²) in [5, 5.41) is 14.4. The number of nitrogens with one attached hydrogen (secondary N) is 2. The van der Waals surface area contributed by atoms with Crippen LogP contribution in [0.1, 0.15) is 66.2 Å². The lowest BCUT2D eigenvalue weighted by Crippen LogP contribution is -2.47. The van der Waals surface area contributed by atoms with Crippen LogP contribution < -0.4 is 15.4 Å². The van der Waals surface area contributed by atoms with Crippen LogP contribution in [0.25, 0.3) is 0 Å². The Morgan fingerprint density at radius 1 is 1.03 bits per heavy atom. The summed E-state index contributed by atoms with van der Waals surface area (Å²) in [4.78, 5) is 24.1. The molecule has 0 spiro atoms. The number of rotatable bonds is 12. The predicted molar refractivity (Wildman–Crippen MR) is 114 cm³/mol. The van der Waals surface area contributed by atoms with Crippen LogP contribution >= 0.6 is 0 Å². The fourth-order valence-corrected chi connectivity index (χ4v) is 2.58. The molecule has 1 atom stereocenters. The number of carbonyl (C=O) groups excluding carboxylic acids is 2. The molecule has 0 fully saturated rings. The van der Waals surface area contributed by atoms with Crippen molar-refractivity contribution in [1.29, 1.82) is 0 Å². The highest BCUT2D eigenvalue weighted by molar-refractivity contribution is 5.96. The molecule has 0 saturated heterocycles. The Labute approximate surface area is 174 Å². The van der Waals surface area contributed by atoms with E-state index in [9.17, 15) is 14.7 Å². The standard InChI is InChI=1S/C22H36N2O5/c1-5-6-7-8-9-10-15-28-18-13-11-17(12-14-18)23-20(26)19(16-25)24-21(27)29-22(2,3)4/h11-14,19,25H,5-10,15-16H2,1-4H3,(H,23,26)(H,24,27)/t19-/m0/s1. The molecule has 3 N–H and O–H groups in total. The SMILES string of the molecule is CCCCCCCCOc1ccc(NC(=O)[C@H](CO)NC(=O)OC(C)(C)C)cc1. The van der Waals surface area contributed by atoms with Gasteiger partial charge in [-0.25, -0.2) is 4.79 Å². The van der Waals surface area contributed by atoms with Gasteiger partial charge in [0.05, 0.1) is 13.2 Å². The fourth-order valence-electron chi connectivity index (χ4n) is 2.58. The molecule has 0 heterocycles. The first-order valence-electron chi connectivity index (χ1n) is 10.4. The fraction of sp³-hybridized carbons (Fsp3) is 0.636. The second kappa shape index (κ2) is 13.0. The summed E-state index contributed by atoms with van der Waals surface area (Å²) in [6.45, 7) is 7.50. The van der Waals surface area contributed by atoms with Gasteiger partial charge < -0.3 is 25.2 Å². The quantitative estimate of drug-likeness (QED) is 0.449. The van der Waals surface area contributed by atoms with E-state index < -0.39 is 30.3 Å². The molecule has 2 amide bonds. The maximum absolute atomic E-state index is 12.3. The summed E-state index contributed by atoms with van der Waals surface area (Å²) in [6, 6.07) is 5.89. The van der Waals surface area contributed by atoms with Crippen LogP contribution in [0.4, 0.5) is 10.5 Å². The number of hydrogen-bond acceptors (Lipinski definition) is 5. The van der Waals surface area contributed by atoms with Crippen molar-refractivity contribution in [3.05, 3.63) is 24.3 Å². The van der Waals surface area contributed by atoms with Gasteiger partial charge in [0, 0.05) is 5.69 Å². The molecule has 0 saturated carbocycles. The third kappa shape index (κ3) is 11.3. The third-order valence-electron chi connectivity index (χ3n) is 4.08. The van der Waals surface area contributed by atoms with Gasteiger partial charge in [0.15, 0.2) is 0 Å². The van der Waals surface area contributed by atoms with E-state index in [-0.39, 0.29) is 0 Å². The number of anilines is 1. The summed E-state index contributed by atoms with van der Waals surface area (Å²) < 4.78 is 10.8. The highest BCUT2D eigenvalue weighted by Gasteiger charge is 2.23. The molecule has 1 rings (SSSR count). The highest BCUT2D eigenvalue weighted by Crippen LogP contribution is 2.17. The minimum absolute atomic E-state index is 0.529. The second-order valence-electron chi connectivity index (χ2n) is 8.01. The van der Waals surface area contributed by atoms with Crippen LogP contribution in [0.3, 0.4) is 0 Å². The lowest BCUT2D eigenvalue weighted by molar-refractivity contribution is -0.119. The molecule has 1 aromatic rings. The molecular weight excluding hydrogens is 372 g/mol. The summed E-state index contributed by atoms with van der Waals surface area (Å²) in [6.07, 6.45) is 6.49. The van der Waals surface area contributed by atoms with E-state index in [1.54, 1.807) is 45.0 Å². The number of hydrogen-bond donors (Lipinski definition) is 3. The van der Waals surface area contributed by atoms with Crippen molar-refractivity contribution in [2.75, 3.05) is 18.5 Å². The number of amides is 2. The van der Waals surface area contributed by atoms with E-state index in [1.165, 1.54) is 32.1 Å². The molecule has 0 aliphatic rings. The first kappa shape index (κ1) is 24.8. The van der Waals surface area contributed by atoms with Gasteiger partial charge in [-0.15, -0.1) is 0 Å². The monoisotopic (exact) mass is 408 g/mol. The van der Waals surface area contributed by atoms with E-state index in [0.717, 1.165) is 12.2 Å². The second-order valence-corrected chi connectivity index (χ2v) is 8.01. The minimum Gasteiger partial charge on any atom is -0.494 e. The van der Waals surface area contributed by atoms with Crippen LogP contribution in [0.15, 0.2) is 24.3 Å². The zero-order chi connectivity index (χ0) is 21.7. The topological polar surface area (TPSA) is 96.9 Å². The molecule has 7 heteroatoms. The van der Waals surface area contributed by atoms with Gasteiger partial charge in [-0.2, -0.15) is 0 Å². The molecule has 164 valence electrons. The Bertz CT molecular complexity index is 611. The highest BCUT2D eigenvalue weighted by atomic mass is 16.6. The summed E-state index contributed by atoms with van der Waals surface area (Å²) in [7, 11) is 0. The van der Waals surface area contributed by atoms with E-state index in [1.807, 2.05) is 0 Å². The largest absolute Gasteiger partial charge is 0.494 e. The Kier molecular flexibility index (Phi) is 11.1. The Morgan fingerprint density at radius 2 is 1.66 bits per heavy atom. The van der Waals surface area contributed by atoms with Crippen LogP contribution in [0.5, 0.6) is 5.75 Å². The Hall–Kier alpha value is -2.28. The van der Waals surface area contributed by atoms with E-state index in [0.29, 0.717) is 12.3 Å². The minimum atomic E-state index is -1.10. The van der Waals surface area contributed by atoms with Crippen molar-refractivity contribution in [3.8, 4) is 5.75 Å². The van der Waals surface area contributed by atoms with Gasteiger partial charge in [-0.3, -0.25) is 4.79 Å². The zero-order valence-corrected chi connectivity index (χ0v) is 18.1. The van der Waals surface area contributed by atoms with Crippen molar-refractivity contribution in [1.82, 2.24) is 5.32 Å². The molecule has 0 aliphatic carbocycles. The first-order valence-corrected chi connectivity index (χ1v) is 10.4. The number of ether oxygens (including phenoxy) is 2. The number of aliphatic hydroxyl groups excluding tert-OH is 1. The van der Waals surface area contributed by atoms with Gasteiger partial charge in [0.2, 0.25) is 5.91 Å². The van der Waals surface area contributed by atoms with Gasteiger partial charge in [-0.1, -0.05) is 39.0 Å². The van der Waals surface area contributed by atoms with Crippen LogP contribution in [0, 0.1) is 0 Å². The van der Waals surface area contributed by atoms with Crippen LogP contribution in [0.2, 0.25) is 0 Å². The smallest absolute Gasteiger partial charge is 0.408 e. The zero-order valence-electron chi connectivity index (χ0n) is 18.1. The van der Waals surface area contributed by atoms with Crippen molar-refractivity contribution in [2.24, 2.45) is 0 Å². The number of alkyl carbamates (subject to hydrolysis) is 1. The predicted octanol–water partition coefficient (Wildman–Crippen LogP) is 4.25. The Morgan fingerprint density at radius 3 is 2.24 bits per heavy atom. The first-order chi connectivity index (χ1) is 13.7. The molecule has 0 aliphatic heterocycles. The average molecular weight is 409 g/mol. The summed E-state index contributed by atoms with van der Waals surface area (Å²) >= 11 is 0. The van der Waals surface area contributed by atoms with E-state index >= 15 is 0 Å². The van der Waals surface area contributed by atoms with Crippen molar-refractivity contribution < 1.29 is 24.2 Å². The lowest BCUT2D eigenvalue weighted by Gasteiger charge is -2.22. The van der Waals surface area contributed by atoms with Crippen molar-refractivity contribution in [2.45, 2.75) is 77.9 Å². The lowest BCUT2D eigenvalue weighted by atomic mass is 10.1. The maximum Gasteiger partial charge on any atom is 0.408 e. The molecule has 7 nitrogen and oxygen atoms in total. The number of unbranched alkanes of at least 4 members (excludes halogenated alkanes) is 5. The van der Waals surface area contributed by atoms with Gasteiger partial charge >= 0.3 is 6.09 Å². The Balaban J connectivity index is 2.40. The summed E-state index contributed by atoms with van der Waals surface area (Å²) in [5.41, 5.74) is -0.141. The van der Waals surface area contributed by atoms with E-state index in [2.05, 4.69) is 17.6 Å². The number of carbonyl (C=O) groups is 2. The normalized spacial score (nSPS) is 12.2. The average Bonchev–Trinajstić information content (AvgIpc) is 2.65. The van der Waals surface area contributed by atoms with Gasteiger partial charge in [-0.05, 0) is 51.5 Å². The van der Waals surface area contributed by atoms with Crippen molar-refractivity contribution in [3.63, 3.8) is 0 Å². The number of benzene rings is 1. The molecular formula is C22H36N2O5. The third-order valence-corrected chi connectivity index (χ3v) is 4.08. The number of aliphatic hydroxyl groups is 1. The van der Waals surface area contributed by atoms with Gasteiger partial charge in [0.25, 0.3) is 0 Å². The van der Waals surface area contributed by atoms with Crippen molar-refractivity contribution >= 4 is 17.7 Å². The van der Waals surface area contributed by atoms with Gasteiger partial charge in [0.1, 0.15) is 17.4 Å². The molecule has 0 aromatic heterocycles. The summed E-state index contributed by atoms with van der Waals surface area (Å²) in [5.74, 6) is 0.209. The molecule has 0 bridgehead atoms. The molecule has 29 heavy (non-hydrogen) atoms. The molecule has 0 radical (unpaired) electrons. The molecule has 0 unspecified atom stereocenters. The van der Waals surface area contributed by atoms with E-state index in [4.69, 9.17) is 9.47 Å².